The van der Waals surface area contributed by atoms with Crippen LogP contribution in [-0.4, -0.2) is 45.1 Å². The number of ketones is 1. The van der Waals surface area contributed by atoms with Crippen molar-refractivity contribution < 1.29 is 13.2 Å². The third kappa shape index (κ3) is 6.81. The lowest BCUT2D eigenvalue weighted by Crippen LogP contribution is -2.39. The van der Waals surface area contributed by atoms with Crippen molar-refractivity contribution in [3.8, 4) is 0 Å². The molecule has 27 heavy (non-hydrogen) atoms. The second-order valence-corrected chi connectivity index (χ2v) is 10.6. The molecule has 6 nitrogen and oxygen atoms in total. The summed E-state index contributed by atoms with van der Waals surface area (Å²) in [4.78, 5) is 13.6. The molecule has 0 unspecified atom stereocenters. The lowest BCUT2D eigenvalue weighted by Gasteiger charge is -2.28. The summed E-state index contributed by atoms with van der Waals surface area (Å²) in [6.07, 6.45) is 4.09. The summed E-state index contributed by atoms with van der Waals surface area (Å²) in [6.45, 7) is 8.09. The van der Waals surface area contributed by atoms with E-state index in [1.54, 1.807) is 20.8 Å². The van der Waals surface area contributed by atoms with E-state index in [1.807, 2.05) is 0 Å². The SMILES string of the molecule is CC(C)(C)S(=O)(=O)NCCCCCNc1ccc(N2CCC(=O)CC2)cc1. The maximum atomic E-state index is 11.9. The Hall–Kier alpha value is -1.60. The molecule has 0 aromatic heterocycles. The van der Waals surface area contributed by atoms with Crippen LogP contribution in [0.25, 0.3) is 0 Å². The number of carbonyl (C=O) groups is 1. The Balaban J connectivity index is 1.61. The van der Waals surface area contributed by atoms with Gasteiger partial charge in [-0.25, -0.2) is 13.1 Å². The first-order valence-corrected chi connectivity index (χ1v) is 11.3. The molecular formula is C20H33N3O3S. The largest absolute Gasteiger partial charge is 0.385 e. The van der Waals surface area contributed by atoms with Crippen molar-refractivity contribution in [1.82, 2.24) is 4.72 Å². The molecule has 1 aliphatic rings. The number of sulfonamides is 1. The molecule has 152 valence electrons. The maximum absolute atomic E-state index is 11.9. The van der Waals surface area contributed by atoms with Gasteiger partial charge in [-0.2, -0.15) is 0 Å². The standard InChI is InChI=1S/C20H33N3O3S/c1-20(2,3)27(25,26)22-14-6-4-5-13-21-17-7-9-18(10-8-17)23-15-11-19(24)12-16-23/h7-10,21-22H,4-6,11-16H2,1-3H3. The highest BCUT2D eigenvalue weighted by Gasteiger charge is 2.27. The highest BCUT2D eigenvalue weighted by atomic mass is 32.2. The number of unbranched alkanes of at least 4 members (excludes halogenated alkanes) is 2. The van der Waals surface area contributed by atoms with E-state index >= 15 is 0 Å². The summed E-state index contributed by atoms with van der Waals surface area (Å²) in [6, 6.07) is 8.34. The fourth-order valence-electron chi connectivity index (χ4n) is 2.89. The number of piperidine rings is 1. The van der Waals surface area contributed by atoms with E-state index in [-0.39, 0.29) is 0 Å². The molecule has 1 aromatic carbocycles. The molecule has 0 saturated carbocycles. The third-order valence-corrected chi connectivity index (χ3v) is 7.03. The molecule has 0 amide bonds. The molecule has 1 saturated heterocycles. The number of anilines is 2. The van der Waals surface area contributed by atoms with Gasteiger partial charge in [0.2, 0.25) is 10.0 Å². The monoisotopic (exact) mass is 395 g/mol. The fourth-order valence-corrected chi connectivity index (χ4v) is 3.73. The Morgan fingerprint density at radius 1 is 0.963 bits per heavy atom. The van der Waals surface area contributed by atoms with Crippen molar-refractivity contribution in [1.29, 1.82) is 0 Å². The van der Waals surface area contributed by atoms with Crippen LogP contribution in [0.5, 0.6) is 0 Å². The molecule has 0 radical (unpaired) electrons. The maximum Gasteiger partial charge on any atom is 0.216 e. The lowest BCUT2D eigenvalue weighted by atomic mass is 10.1. The van der Waals surface area contributed by atoms with E-state index in [2.05, 4.69) is 39.2 Å². The van der Waals surface area contributed by atoms with Crippen LogP contribution in [-0.2, 0) is 14.8 Å². The van der Waals surface area contributed by atoms with Crippen LogP contribution in [0, 0.1) is 0 Å². The lowest BCUT2D eigenvalue weighted by molar-refractivity contribution is -0.119. The first kappa shape index (κ1) is 21.7. The van der Waals surface area contributed by atoms with Gasteiger partial charge < -0.3 is 10.2 Å². The molecule has 1 aliphatic heterocycles. The number of hydrogen-bond acceptors (Lipinski definition) is 5. The van der Waals surface area contributed by atoms with Crippen LogP contribution in [0.1, 0.15) is 52.9 Å². The van der Waals surface area contributed by atoms with Crippen LogP contribution >= 0.6 is 0 Å². The molecular weight excluding hydrogens is 362 g/mol. The van der Waals surface area contributed by atoms with Crippen LogP contribution in [0.4, 0.5) is 11.4 Å². The fraction of sp³-hybridized carbons (Fsp3) is 0.650. The molecule has 2 rings (SSSR count). The number of nitrogens with one attached hydrogen (secondary N) is 2. The van der Waals surface area contributed by atoms with Crippen molar-refractivity contribution >= 4 is 27.2 Å². The van der Waals surface area contributed by atoms with Gasteiger partial charge in [0, 0.05) is 50.4 Å². The quantitative estimate of drug-likeness (QED) is 0.628. The second-order valence-electron chi connectivity index (χ2n) is 8.07. The summed E-state index contributed by atoms with van der Waals surface area (Å²) < 4.78 is 25.8. The van der Waals surface area contributed by atoms with E-state index in [1.165, 1.54) is 5.69 Å². The number of nitrogens with zero attached hydrogens (tertiary/aromatic N) is 1. The van der Waals surface area contributed by atoms with E-state index in [4.69, 9.17) is 0 Å². The number of benzene rings is 1. The smallest absolute Gasteiger partial charge is 0.216 e. The minimum absolute atomic E-state index is 0.357. The first-order valence-electron chi connectivity index (χ1n) is 9.79. The zero-order valence-electron chi connectivity index (χ0n) is 16.8. The highest BCUT2D eigenvalue weighted by molar-refractivity contribution is 7.90. The third-order valence-electron chi connectivity index (χ3n) is 4.83. The molecule has 0 atom stereocenters. The Morgan fingerprint density at radius 2 is 1.56 bits per heavy atom. The van der Waals surface area contributed by atoms with Crippen molar-refractivity contribution in [2.24, 2.45) is 0 Å². The second kappa shape index (κ2) is 9.55. The molecule has 0 bridgehead atoms. The van der Waals surface area contributed by atoms with Gasteiger partial charge in [-0.3, -0.25) is 4.79 Å². The zero-order valence-corrected chi connectivity index (χ0v) is 17.6. The van der Waals surface area contributed by atoms with Crippen molar-refractivity contribution in [2.45, 2.75) is 57.6 Å². The van der Waals surface area contributed by atoms with E-state index < -0.39 is 14.8 Å². The van der Waals surface area contributed by atoms with Crippen molar-refractivity contribution in [3.05, 3.63) is 24.3 Å². The molecule has 1 heterocycles. The van der Waals surface area contributed by atoms with Gasteiger partial charge in [0.25, 0.3) is 0 Å². The highest BCUT2D eigenvalue weighted by Crippen LogP contribution is 2.21. The number of Topliss-reactive ketones (excluding diaryl/α,β-unsaturated/α-hetero) is 1. The van der Waals surface area contributed by atoms with Gasteiger partial charge in [-0.15, -0.1) is 0 Å². The van der Waals surface area contributed by atoms with Crippen LogP contribution in [0.15, 0.2) is 24.3 Å². The molecule has 0 aliphatic carbocycles. The van der Waals surface area contributed by atoms with Gasteiger partial charge in [-0.05, 0) is 57.9 Å². The molecule has 7 heteroatoms. The topological polar surface area (TPSA) is 78.5 Å². The molecule has 1 fully saturated rings. The van der Waals surface area contributed by atoms with Gasteiger partial charge in [0.1, 0.15) is 5.78 Å². The zero-order chi connectivity index (χ0) is 19.9. The average Bonchev–Trinajstić information content (AvgIpc) is 2.61. The number of carbonyl (C=O) groups excluding carboxylic acids is 1. The molecule has 1 aromatic rings. The summed E-state index contributed by atoms with van der Waals surface area (Å²) in [5.41, 5.74) is 2.25. The van der Waals surface area contributed by atoms with Gasteiger partial charge in [0.05, 0.1) is 4.75 Å². The van der Waals surface area contributed by atoms with Crippen LogP contribution < -0.4 is 14.9 Å². The Kier molecular flexibility index (Phi) is 7.68. The van der Waals surface area contributed by atoms with Gasteiger partial charge in [0.15, 0.2) is 0 Å². The van der Waals surface area contributed by atoms with Crippen molar-refractivity contribution in [2.75, 3.05) is 36.4 Å². The summed E-state index contributed by atoms with van der Waals surface area (Å²) in [7, 11) is -3.24. The minimum atomic E-state index is -3.24. The summed E-state index contributed by atoms with van der Waals surface area (Å²) in [5, 5.41) is 3.40. The Labute approximate surface area is 163 Å². The van der Waals surface area contributed by atoms with Gasteiger partial charge >= 0.3 is 0 Å². The van der Waals surface area contributed by atoms with E-state index in [0.717, 1.165) is 44.6 Å². The summed E-state index contributed by atoms with van der Waals surface area (Å²) in [5.74, 6) is 0.357. The Morgan fingerprint density at radius 3 is 2.15 bits per heavy atom. The van der Waals surface area contributed by atoms with E-state index in [0.29, 0.717) is 25.2 Å². The van der Waals surface area contributed by atoms with Crippen LogP contribution in [0.2, 0.25) is 0 Å². The summed E-state index contributed by atoms with van der Waals surface area (Å²) >= 11 is 0. The number of rotatable bonds is 9. The predicted molar refractivity (Wildman–Crippen MR) is 112 cm³/mol. The van der Waals surface area contributed by atoms with Crippen molar-refractivity contribution in [3.63, 3.8) is 0 Å². The van der Waals surface area contributed by atoms with Gasteiger partial charge in [-0.1, -0.05) is 6.42 Å². The first-order chi connectivity index (χ1) is 12.7. The molecule has 2 N–H and O–H groups in total. The Bertz CT molecular complexity index is 699. The number of hydrogen-bond donors (Lipinski definition) is 2. The van der Waals surface area contributed by atoms with Crippen LogP contribution in [0.3, 0.4) is 0 Å². The minimum Gasteiger partial charge on any atom is -0.385 e. The van der Waals surface area contributed by atoms with E-state index in [9.17, 15) is 13.2 Å². The average molecular weight is 396 g/mol. The predicted octanol–water partition coefficient (Wildman–Crippen LogP) is 3.16. The normalized spacial score (nSPS) is 15.8. The molecule has 0 spiro atoms.